The predicted molar refractivity (Wildman–Crippen MR) is 142 cm³/mol. The number of rotatable bonds is 10. The van der Waals surface area contributed by atoms with Gasteiger partial charge in [0.15, 0.2) is 0 Å². The van der Waals surface area contributed by atoms with Crippen LogP contribution in [0.2, 0.25) is 0 Å². The highest BCUT2D eigenvalue weighted by Crippen LogP contribution is 2.24. The maximum atomic E-state index is 13.2. The van der Waals surface area contributed by atoms with Crippen LogP contribution in [0.1, 0.15) is 59.7 Å². The maximum Gasteiger partial charge on any atom is 0.246 e. The first-order valence-corrected chi connectivity index (χ1v) is 12.2. The van der Waals surface area contributed by atoms with Gasteiger partial charge in [-0.25, -0.2) is 0 Å². The number of nitrogens with one attached hydrogen (secondary N) is 3. The van der Waals surface area contributed by atoms with Crippen LogP contribution in [-0.2, 0) is 20.8 Å². The molecule has 35 heavy (non-hydrogen) atoms. The molecule has 1 aromatic carbocycles. The first-order chi connectivity index (χ1) is 16.4. The number of H-pyrrole nitrogens is 1. The van der Waals surface area contributed by atoms with Crippen LogP contribution in [0.25, 0.3) is 17.0 Å². The standard InChI is InChI=1S/C28H40N4O3/c1-17(2)13-14-24-22(21-11-9-10-12-23(21)31-24)15-16-29-27(34)26(19(5)6)32(8)28(35)25(18(3)4)30-20(7)33/h9-13,15-16,18-19,25-26,31H,14H2,1-8H3,(H,29,34)(H,30,33)/b16-15-/t25-,26-/m1/s1. The van der Waals surface area contributed by atoms with Gasteiger partial charge in [0.05, 0.1) is 0 Å². The molecular formula is C28H40N4O3. The van der Waals surface area contributed by atoms with Crippen molar-refractivity contribution >= 4 is 34.7 Å². The topological polar surface area (TPSA) is 94.3 Å². The molecule has 3 N–H and O–H groups in total. The van der Waals surface area contributed by atoms with Gasteiger partial charge in [-0.2, -0.15) is 0 Å². The summed E-state index contributed by atoms with van der Waals surface area (Å²) in [5.74, 6) is -1.06. The smallest absolute Gasteiger partial charge is 0.246 e. The Labute approximate surface area is 209 Å². The lowest BCUT2D eigenvalue weighted by molar-refractivity contribution is -0.143. The Bertz CT molecular complexity index is 1110. The van der Waals surface area contributed by atoms with Crippen LogP contribution < -0.4 is 10.6 Å². The SMILES string of the molecule is CC(=O)N[C@@H](C(=O)N(C)[C@@H](C(=O)N/C=C\c1c(CC=C(C)C)[nH]c2ccccc12)C(C)C)C(C)C. The molecule has 0 aliphatic carbocycles. The molecule has 2 aromatic rings. The molecule has 0 aliphatic heterocycles. The summed E-state index contributed by atoms with van der Waals surface area (Å²) in [6, 6.07) is 6.70. The summed E-state index contributed by atoms with van der Waals surface area (Å²) in [6.07, 6.45) is 6.47. The minimum absolute atomic E-state index is 0.106. The van der Waals surface area contributed by atoms with Gasteiger partial charge < -0.3 is 20.5 Å². The number of aromatic amines is 1. The van der Waals surface area contributed by atoms with Gasteiger partial charge in [-0.15, -0.1) is 0 Å². The summed E-state index contributed by atoms with van der Waals surface area (Å²) < 4.78 is 0. The zero-order valence-electron chi connectivity index (χ0n) is 22.2. The van der Waals surface area contributed by atoms with E-state index in [9.17, 15) is 14.4 Å². The van der Waals surface area contributed by atoms with Crippen LogP contribution in [0.15, 0.2) is 42.1 Å². The lowest BCUT2D eigenvalue weighted by atomic mass is 9.98. The number of allylic oxidation sites excluding steroid dienone is 2. The van der Waals surface area contributed by atoms with Crippen LogP contribution in [-0.4, -0.2) is 46.7 Å². The number of hydrogen-bond donors (Lipinski definition) is 3. The van der Waals surface area contributed by atoms with Crippen LogP contribution in [0.4, 0.5) is 0 Å². The van der Waals surface area contributed by atoms with Crippen molar-refractivity contribution in [2.45, 2.75) is 67.0 Å². The zero-order valence-corrected chi connectivity index (χ0v) is 22.2. The van der Waals surface area contributed by atoms with E-state index in [2.05, 4.69) is 41.6 Å². The quantitative estimate of drug-likeness (QED) is 0.440. The highest BCUT2D eigenvalue weighted by atomic mass is 16.2. The van der Waals surface area contributed by atoms with Crippen molar-refractivity contribution in [1.29, 1.82) is 0 Å². The molecule has 1 heterocycles. The summed E-state index contributed by atoms with van der Waals surface area (Å²) in [7, 11) is 1.62. The second kappa shape index (κ2) is 12.4. The highest BCUT2D eigenvalue weighted by molar-refractivity contribution is 5.93. The Morgan fingerprint density at radius 3 is 2.26 bits per heavy atom. The van der Waals surface area contributed by atoms with E-state index in [-0.39, 0.29) is 29.6 Å². The number of fused-ring (bicyclic) bond motifs is 1. The Hall–Kier alpha value is -3.35. The van der Waals surface area contributed by atoms with Crippen LogP contribution in [0, 0.1) is 11.8 Å². The molecular weight excluding hydrogens is 440 g/mol. The first-order valence-electron chi connectivity index (χ1n) is 12.2. The largest absolute Gasteiger partial charge is 0.358 e. The first kappa shape index (κ1) is 27.9. The molecule has 0 saturated heterocycles. The molecule has 0 bridgehead atoms. The molecule has 0 fully saturated rings. The van der Waals surface area contributed by atoms with E-state index in [1.807, 2.05) is 52.0 Å². The zero-order chi connectivity index (χ0) is 26.3. The fourth-order valence-corrected chi connectivity index (χ4v) is 4.18. The number of benzene rings is 1. The normalized spacial score (nSPS) is 13.2. The van der Waals surface area contributed by atoms with Gasteiger partial charge in [0.1, 0.15) is 12.1 Å². The number of carbonyl (C=O) groups excluding carboxylic acids is 3. The van der Waals surface area contributed by atoms with Gasteiger partial charge >= 0.3 is 0 Å². The van der Waals surface area contributed by atoms with E-state index in [0.717, 1.165) is 28.6 Å². The number of hydrogen-bond acceptors (Lipinski definition) is 3. The van der Waals surface area contributed by atoms with Crippen molar-refractivity contribution in [1.82, 2.24) is 20.5 Å². The molecule has 2 atom stereocenters. The Kier molecular flexibility index (Phi) is 9.87. The summed E-state index contributed by atoms with van der Waals surface area (Å²) in [5, 5.41) is 6.67. The molecule has 0 aliphatic rings. The molecule has 7 heteroatoms. The van der Waals surface area contributed by atoms with Crippen molar-refractivity contribution in [3.8, 4) is 0 Å². The van der Waals surface area contributed by atoms with Crippen molar-refractivity contribution < 1.29 is 14.4 Å². The summed E-state index contributed by atoms with van der Waals surface area (Å²) in [4.78, 5) is 42.9. The van der Waals surface area contributed by atoms with Gasteiger partial charge in [0, 0.05) is 48.8 Å². The Morgan fingerprint density at radius 1 is 1.03 bits per heavy atom. The molecule has 0 unspecified atom stereocenters. The molecule has 2 rings (SSSR count). The monoisotopic (exact) mass is 480 g/mol. The number of carbonyl (C=O) groups is 3. The Morgan fingerprint density at radius 2 is 1.69 bits per heavy atom. The molecule has 3 amide bonds. The van der Waals surface area contributed by atoms with E-state index >= 15 is 0 Å². The number of aromatic nitrogens is 1. The third-order valence-electron chi connectivity index (χ3n) is 5.97. The number of para-hydroxylation sites is 1. The van der Waals surface area contributed by atoms with Gasteiger partial charge in [0.2, 0.25) is 17.7 Å². The van der Waals surface area contributed by atoms with Crippen molar-refractivity contribution in [2.24, 2.45) is 11.8 Å². The number of nitrogens with zero attached hydrogens (tertiary/aromatic N) is 1. The summed E-state index contributed by atoms with van der Waals surface area (Å²) in [6.45, 7) is 13.1. The molecule has 7 nitrogen and oxygen atoms in total. The lowest BCUT2D eigenvalue weighted by Crippen LogP contribution is -2.56. The molecule has 0 radical (unpaired) electrons. The lowest BCUT2D eigenvalue weighted by Gasteiger charge is -2.33. The van der Waals surface area contributed by atoms with Gasteiger partial charge in [-0.1, -0.05) is 57.5 Å². The second-order valence-corrected chi connectivity index (χ2v) is 9.95. The third kappa shape index (κ3) is 7.31. The van der Waals surface area contributed by atoms with Gasteiger partial charge in [-0.3, -0.25) is 14.4 Å². The van der Waals surface area contributed by atoms with Crippen LogP contribution in [0.5, 0.6) is 0 Å². The molecule has 0 saturated carbocycles. The molecule has 190 valence electrons. The fraction of sp³-hybridized carbons (Fsp3) is 0.464. The number of likely N-dealkylation sites (N-methyl/N-ethyl adjacent to an activating group) is 1. The van der Waals surface area contributed by atoms with E-state index in [4.69, 9.17) is 0 Å². The van der Waals surface area contributed by atoms with E-state index < -0.39 is 12.1 Å². The average Bonchev–Trinajstić information content (AvgIpc) is 3.12. The van der Waals surface area contributed by atoms with Crippen molar-refractivity contribution in [3.05, 3.63) is 53.4 Å². The highest BCUT2D eigenvalue weighted by Gasteiger charge is 2.34. The molecule has 1 aromatic heterocycles. The van der Waals surface area contributed by atoms with Crippen molar-refractivity contribution in [2.75, 3.05) is 7.05 Å². The predicted octanol–water partition coefficient (Wildman–Crippen LogP) is 4.41. The fourth-order valence-electron chi connectivity index (χ4n) is 4.18. The maximum absolute atomic E-state index is 13.2. The minimum atomic E-state index is -0.689. The van der Waals surface area contributed by atoms with Gasteiger partial charge in [0.25, 0.3) is 0 Å². The van der Waals surface area contributed by atoms with Gasteiger partial charge in [-0.05, 0) is 37.8 Å². The third-order valence-corrected chi connectivity index (χ3v) is 5.97. The Balaban J connectivity index is 2.25. The summed E-state index contributed by atoms with van der Waals surface area (Å²) >= 11 is 0. The summed E-state index contributed by atoms with van der Waals surface area (Å²) in [5.41, 5.74) is 4.37. The van der Waals surface area contributed by atoms with Crippen LogP contribution in [0.3, 0.4) is 0 Å². The van der Waals surface area contributed by atoms with E-state index in [1.54, 1.807) is 13.2 Å². The van der Waals surface area contributed by atoms with Crippen LogP contribution >= 0.6 is 0 Å². The number of amides is 3. The van der Waals surface area contributed by atoms with Crippen molar-refractivity contribution in [3.63, 3.8) is 0 Å². The van der Waals surface area contributed by atoms with E-state index in [1.165, 1.54) is 17.4 Å². The molecule has 0 spiro atoms. The second-order valence-electron chi connectivity index (χ2n) is 9.95. The van der Waals surface area contributed by atoms with E-state index in [0.29, 0.717) is 0 Å². The minimum Gasteiger partial charge on any atom is -0.358 e. The average molecular weight is 481 g/mol.